The van der Waals surface area contributed by atoms with Crippen molar-refractivity contribution in [1.82, 2.24) is 5.32 Å². The maximum Gasteiger partial charge on any atom is 0.320 e. The maximum absolute atomic E-state index is 14.8. The summed E-state index contributed by atoms with van der Waals surface area (Å²) in [6.45, 7) is 5.88. The van der Waals surface area contributed by atoms with E-state index in [0.29, 0.717) is 12.8 Å². The molecule has 1 unspecified atom stereocenters. The normalized spacial score (nSPS) is 14.2. The second-order valence-corrected chi connectivity index (χ2v) is 7.20. The van der Waals surface area contributed by atoms with Crippen molar-refractivity contribution in [3.05, 3.63) is 35.9 Å². The summed E-state index contributed by atoms with van der Waals surface area (Å²) in [6, 6.07) is 8.18. The van der Waals surface area contributed by atoms with Crippen molar-refractivity contribution in [3.63, 3.8) is 0 Å². The number of halogens is 2. The first-order valence-corrected chi connectivity index (χ1v) is 10.2. The molecule has 0 saturated carbocycles. The van der Waals surface area contributed by atoms with Crippen molar-refractivity contribution in [1.29, 1.82) is 0 Å². The zero-order valence-electron chi connectivity index (χ0n) is 16.6. The van der Waals surface area contributed by atoms with E-state index < -0.39 is 17.7 Å². The molecule has 0 spiro atoms. The Morgan fingerprint density at radius 2 is 1.62 bits per heavy atom. The Bertz CT molecular complexity index is 504. The predicted octanol–water partition coefficient (Wildman–Crippen LogP) is 6.46. The molecule has 1 aromatic carbocycles. The van der Waals surface area contributed by atoms with Gasteiger partial charge in [-0.3, -0.25) is 4.79 Å². The van der Waals surface area contributed by atoms with E-state index in [-0.39, 0.29) is 18.9 Å². The molecule has 0 aromatic heterocycles. The van der Waals surface area contributed by atoms with Crippen LogP contribution >= 0.6 is 0 Å². The minimum atomic E-state index is -3.32. The van der Waals surface area contributed by atoms with Crippen LogP contribution in [-0.2, 0) is 4.79 Å². The molecule has 0 amide bonds. The number of ketones is 1. The second-order valence-electron chi connectivity index (χ2n) is 7.20. The van der Waals surface area contributed by atoms with E-state index >= 15 is 0 Å². The first kappa shape index (κ1) is 22.8. The first-order valence-electron chi connectivity index (χ1n) is 10.2. The molecule has 0 aliphatic rings. The molecule has 4 heteroatoms. The quantitative estimate of drug-likeness (QED) is 0.382. The number of hydrogen-bond acceptors (Lipinski definition) is 2. The van der Waals surface area contributed by atoms with Crippen LogP contribution in [0.2, 0.25) is 0 Å². The summed E-state index contributed by atoms with van der Waals surface area (Å²) in [5.41, 5.74) is 0.952. The van der Waals surface area contributed by atoms with Crippen LogP contribution in [0, 0.1) is 0 Å². The van der Waals surface area contributed by atoms with E-state index in [0.717, 1.165) is 31.2 Å². The van der Waals surface area contributed by atoms with Gasteiger partial charge in [-0.15, -0.1) is 0 Å². The van der Waals surface area contributed by atoms with Gasteiger partial charge in [0.2, 0.25) is 5.78 Å². The van der Waals surface area contributed by atoms with Crippen LogP contribution in [0.4, 0.5) is 8.78 Å². The average molecular weight is 368 g/mol. The Kier molecular flexibility index (Phi) is 10.6. The second kappa shape index (κ2) is 12.2. The summed E-state index contributed by atoms with van der Waals surface area (Å²) in [7, 11) is 0. The highest BCUT2D eigenvalue weighted by molar-refractivity contribution is 5.86. The lowest BCUT2D eigenvalue weighted by atomic mass is 9.95. The van der Waals surface area contributed by atoms with Gasteiger partial charge in [-0.25, -0.2) is 0 Å². The molecule has 0 radical (unpaired) electrons. The average Bonchev–Trinajstić information content (AvgIpc) is 2.64. The van der Waals surface area contributed by atoms with Crippen LogP contribution in [0.5, 0.6) is 0 Å². The molecule has 1 N–H and O–H groups in total. The van der Waals surface area contributed by atoms with Gasteiger partial charge in [-0.2, -0.15) is 8.78 Å². The third-order valence-corrected chi connectivity index (χ3v) is 4.89. The number of rotatable bonds is 14. The number of carbonyl (C=O) groups is 1. The van der Waals surface area contributed by atoms with Gasteiger partial charge in [0.05, 0.1) is 6.04 Å². The summed E-state index contributed by atoms with van der Waals surface area (Å²) < 4.78 is 29.5. The molecule has 0 bridgehead atoms. The van der Waals surface area contributed by atoms with Gasteiger partial charge in [0.15, 0.2) is 0 Å². The minimum Gasteiger partial charge on any atom is -0.302 e. The third kappa shape index (κ3) is 7.53. The highest BCUT2D eigenvalue weighted by Gasteiger charge is 2.45. The monoisotopic (exact) mass is 367 g/mol. The van der Waals surface area contributed by atoms with Gasteiger partial charge < -0.3 is 5.32 Å². The molecular weight excluding hydrogens is 332 g/mol. The number of Topliss-reactive ketones (excluding diaryl/α,β-unsaturated/α-hetero) is 1. The fourth-order valence-corrected chi connectivity index (χ4v) is 3.22. The summed E-state index contributed by atoms with van der Waals surface area (Å²) in [6.07, 6.45) is 6.75. The summed E-state index contributed by atoms with van der Waals surface area (Å²) in [5, 5.41) is 3.00. The topological polar surface area (TPSA) is 29.1 Å². The van der Waals surface area contributed by atoms with Gasteiger partial charge >= 0.3 is 5.92 Å². The van der Waals surface area contributed by atoms with Gasteiger partial charge in [0.1, 0.15) is 0 Å². The van der Waals surface area contributed by atoms with Gasteiger partial charge in [-0.05, 0) is 25.3 Å². The number of benzene rings is 1. The molecule has 26 heavy (non-hydrogen) atoms. The smallest absolute Gasteiger partial charge is 0.302 e. The largest absolute Gasteiger partial charge is 0.320 e. The van der Waals surface area contributed by atoms with Crippen LogP contribution in [-0.4, -0.2) is 17.7 Å². The van der Waals surface area contributed by atoms with Crippen LogP contribution in [0.3, 0.4) is 0 Å². The summed E-state index contributed by atoms with van der Waals surface area (Å²) in [4.78, 5) is 12.2. The SMILES string of the molecule is CCCCCCCCC(=O)C(F)(F)C(CCC)N[C@H](C)c1ccccc1. The van der Waals surface area contributed by atoms with E-state index in [2.05, 4.69) is 12.2 Å². The summed E-state index contributed by atoms with van der Waals surface area (Å²) in [5.74, 6) is -4.23. The van der Waals surface area contributed by atoms with Crippen molar-refractivity contribution in [2.75, 3.05) is 0 Å². The standard InChI is InChI=1S/C22H35F2NO/c1-4-6-7-8-9-13-17-21(26)22(23,24)20(14-5-2)25-18(3)19-15-11-10-12-16-19/h10-12,15-16,18,20,25H,4-9,13-14,17H2,1-3H3/t18-,20?/m1/s1. The number of carbonyl (C=O) groups excluding carboxylic acids is 1. The zero-order valence-corrected chi connectivity index (χ0v) is 16.6. The van der Waals surface area contributed by atoms with Crippen LogP contribution in [0.1, 0.15) is 90.2 Å². The lowest BCUT2D eigenvalue weighted by molar-refractivity contribution is -0.148. The Balaban J connectivity index is 2.60. The van der Waals surface area contributed by atoms with Gasteiger partial charge in [0, 0.05) is 12.5 Å². The molecule has 148 valence electrons. The Labute approximate surface area is 157 Å². The van der Waals surface area contributed by atoms with Crippen molar-refractivity contribution in [2.24, 2.45) is 0 Å². The highest BCUT2D eigenvalue weighted by atomic mass is 19.3. The van der Waals surface area contributed by atoms with Crippen LogP contribution in [0.15, 0.2) is 30.3 Å². The van der Waals surface area contributed by atoms with Gasteiger partial charge in [0.25, 0.3) is 0 Å². The molecule has 0 aliphatic carbocycles. The number of alkyl halides is 2. The molecule has 0 aliphatic heterocycles. The highest BCUT2D eigenvalue weighted by Crippen LogP contribution is 2.28. The first-order chi connectivity index (χ1) is 12.4. The number of nitrogens with one attached hydrogen (secondary N) is 1. The Hall–Kier alpha value is -1.29. The lowest BCUT2D eigenvalue weighted by Gasteiger charge is -2.29. The van der Waals surface area contributed by atoms with E-state index in [1.807, 2.05) is 44.2 Å². The maximum atomic E-state index is 14.8. The van der Waals surface area contributed by atoms with E-state index in [1.165, 1.54) is 6.42 Å². The molecule has 2 atom stereocenters. The fraction of sp³-hybridized carbons (Fsp3) is 0.682. The number of unbranched alkanes of at least 4 members (excludes halogenated alkanes) is 5. The molecule has 0 saturated heterocycles. The zero-order chi connectivity index (χ0) is 19.4. The van der Waals surface area contributed by atoms with Crippen LogP contribution in [0.25, 0.3) is 0 Å². The van der Waals surface area contributed by atoms with Crippen molar-refractivity contribution in [3.8, 4) is 0 Å². The Morgan fingerprint density at radius 3 is 2.23 bits per heavy atom. The van der Waals surface area contributed by atoms with E-state index in [9.17, 15) is 13.6 Å². The molecule has 1 aromatic rings. The van der Waals surface area contributed by atoms with E-state index in [4.69, 9.17) is 0 Å². The predicted molar refractivity (Wildman–Crippen MR) is 105 cm³/mol. The van der Waals surface area contributed by atoms with Crippen molar-refractivity contribution < 1.29 is 13.6 Å². The molecule has 0 heterocycles. The van der Waals surface area contributed by atoms with Crippen molar-refractivity contribution >= 4 is 5.78 Å². The summed E-state index contributed by atoms with van der Waals surface area (Å²) >= 11 is 0. The molecule has 1 rings (SSSR count). The molecular formula is C22H35F2NO. The molecule has 0 fully saturated rings. The third-order valence-electron chi connectivity index (χ3n) is 4.89. The minimum absolute atomic E-state index is 0.0270. The fourth-order valence-electron chi connectivity index (χ4n) is 3.22. The van der Waals surface area contributed by atoms with Gasteiger partial charge in [-0.1, -0.05) is 82.7 Å². The lowest BCUT2D eigenvalue weighted by Crippen LogP contribution is -2.50. The van der Waals surface area contributed by atoms with Crippen molar-refractivity contribution in [2.45, 2.75) is 96.6 Å². The number of hydrogen-bond donors (Lipinski definition) is 1. The molecule has 2 nitrogen and oxygen atoms in total. The van der Waals surface area contributed by atoms with Crippen LogP contribution < -0.4 is 5.32 Å². The Morgan fingerprint density at radius 1 is 1.00 bits per heavy atom. The van der Waals surface area contributed by atoms with E-state index in [1.54, 1.807) is 0 Å².